The summed E-state index contributed by atoms with van der Waals surface area (Å²) in [4.78, 5) is 5.08. The monoisotopic (exact) mass is 269 g/mol. The van der Waals surface area contributed by atoms with Crippen LogP contribution in [0, 0.1) is 0 Å². The molecule has 5 nitrogen and oxygen atoms in total. The molecule has 0 aromatic carbocycles. The molecule has 0 amide bonds. The molecule has 1 aliphatic rings. The van der Waals surface area contributed by atoms with Gasteiger partial charge >= 0.3 is 6.18 Å². The summed E-state index contributed by atoms with van der Waals surface area (Å²) >= 11 is 0.703. The fraction of sp³-hybridized carbons (Fsp3) is 0.750. The maximum absolute atomic E-state index is 12.3. The second-order valence-electron chi connectivity index (χ2n) is 3.52. The van der Waals surface area contributed by atoms with E-state index in [1.165, 1.54) is 0 Å². The fourth-order valence-electron chi connectivity index (χ4n) is 1.46. The highest BCUT2D eigenvalue weighted by Crippen LogP contribution is 2.30. The summed E-state index contributed by atoms with van der Waals surface area (Å²) in [6.45, 7) is 0.958. The van der Waals surface area contributed by atoms with Gasteiger partial charge in [-0.2, -0.15) is 22.5 Å². The van der Waals surface area contributed by atoms with Crippen molar-refractivity contribution in [3.63, 3.8) is 0 Å². The van der Waals surface area contributed by atoms with Crippen LogP contribution in [-0.4, -0.2) is 46.9 Å². The van der Waals surface area contributed by atoms with Gasteiger partial charge in [0.05, 0.1) is 19.3 Å². The van der Waals surface area contributed by atoms with Gasteiger partial charge < -0.3 is 14.7 Å². The maximum Gasteiger partial charge on any atom is 0.452 e. The van der Waals surface area contributed by atoms with E-state index in [1.807, 2.05) is 0 Å². The lowest BCUT2D eigenvalue weighted by Crippen LogP contribution is -2.44. The molecule has 0 spiro atoms. The van der Waals surface area contributed by atoms with Gasteiger partial charge in [0.15, 0.2) is 0 Å². The summed E-state index contributed by atoms with van der Waals surface area (Å²) in [6.07, 6.45) is -4.90. The normalized spacial score (nSPS) is 21.9. The van der Waals surface area contributed by atoms with Crippen molar-refractivity contribution in [2.45, 2.75) is 12.3 Å². The van der Waals surface area contributed by atoms with E-state index in [0.29, 0.717) is 31.2 Å². The number of aliphatic hydroxyl groups excluding tert-OH is 1. The van der Waals surface area contributed by atoms with Crippen molar-refractivity contribution in [2.24, 2.45) is 0 Å². The Kier molecular flexibility index (Phi) is 3.50. The molecule has 0 saturated carbocycles. The molecule has 1 N–H and O–H groups in total. The molecule has 1 unspecified atom stereocenters. The Labute approximate surface area is 99.0 Å². The molecule has 2 heterocycles. The second kappa shape index (κ2) is 4.75. The molecule has 1 saturated heterocycles. The third-order valence-electron chi connectivity index (χ3n) is 2.28. The zero-order chi connectivity index (χ0) is 12.5. The summed E-state index contributed by atoms with van der Waals surface area (Å²) in [5, 5.41) is 9.13. The maximum atomic E-state index is 12.3. The largest absolute Gasteiger partial charge is 0.452 e. The van der Waals surface area contributed by atoms with Gasteiger partial charge in [-0.05, 0) is 0 Å². The van der Waals surface area contributed by atoms with Crippen LogP contribution < -0.4 is 4.90 Å². The Hall–Kier alpha value is -0.930. The van der Waals surface area contributed by atoms with Crippen LogP contribution in [0.25, 0.3) is 0 Å². The SMILES string of the molecule is OCC1CN(c2nc(C(F)(F)F)ns2)CCO1. The van der Waals surface area contributed by atoms with Crippen molar-refractivity contribution >= 4 is 16.7 Å². The highest BCUT2D eigenvalue weighted by molar-refractivity contribution is 7.09. The molecule has 17 heavy (non-hydrogen) atoms. The minimum atomic E-state index is -4.52. The highest BCUT2D eigenvalue weighted by Gasteiger charge is 2.37. The molecular weight excluding hydrogens is 259 g/mol. The number of alkyl halides is 3. The first-order valence-corrected chi connectivity index (χ1v) is 5.66. The second-order valence-corrected chi connectivity index (χ2v) is 4.25. The van der Waals surface area contributed by atoms with E-state index in [9.17, 15) is 13.2 Å². The van der Waals surface area contributed by atoms with Crippen molar-refractivity contribution in [1.29, 1.82) is 0 Å². The topological polar surface area (TPSA) is 58.5 Å². The fourth-order valence-corrected chi connectivity index (χ4v) is 2.18. The number of morpholine rings is 1. The first-order chi connectivity index (χ1) is 8.00. The first kappa shape index (κ1) is 12.5. The van der Waals surface area contributed by atoms with Crippen LogP contribution in [0.5, 0.6) is 0 Å². The first-order valence-electron chi connectivity index (χ1n) is 4.89. The van der Waals surface area contributed by atoms with Gasteiger partial charge in [-0.25, -0.2) is 0 Å². The van der Waals surface area contributed by atoms with Crippen molar-refractivity contribution < 1.29 is 23.0 Å². The number of ether oxygens (including phenoxy) is 1. The van der Waals surface area contributed by atoms with E-state index in [4.69, 9.17) is 9.84 Å². The van der Waals surface area contributed by atoms with Gasteiger partial charge in [-0.1, -0.05) is 0 Å². The van der Waals surface area contributed by atoms with Crippen LogP contribution in [0.4, 0.5) is 18.3 Å². The van der Waals surface area contributed by atoms with Gasteiger partial charge in [0.2, 0.25) is 11.0 Å². The predicted molar refractivity (Wildman–Crippen MR) is 53.9 cm³/mol. The van der Waals surface area contributed by atoms with Crippen LogP contribution in [-0.2, 0) is 10.9 Å². The minimum absolute atomic E-state index is 0.165. The van der Waals surface area contributed by atoms with Crippen LogP contribution >= 0.6 is 11.5 Å². The number of aliphatic hydroxyl groups is 1. The Morgan fingerprint density at radius 3 is 2.88 bits per heavy atom. The summed E-state index contributed by atoms with van der Waals surface area (Å²) in [5.41, 5.74) is 0. The van der Waals surface area contributed by atoms with E-state index in [-0.39, 0.29) is 17.8 Å². The molecule has 0 aliphatic carbocycles. The molecule has 1 fully saturated rings. The quantitative estimate of drug-likeness (QED) is 0.858. The summed E-state index contributed by atoms with van der Waals surface area (Å²) in [5.74, 6) is -1.12. The van der Waals surface area contributed by atoms with Crippen LogP contribution in [0.2, 0.25) is 0 Å². The molecule has 1 aromatic heterocycles. The number of hydrogen-bond acceptors (Lipinski definition) is 6. The number of anilines is 1. The van der Waals surface area contributed by atoms with Gasteiger partial charge in [-0.15, -0.1) is 0 Å². The Morgan fingerprint density at radius 2 is 2.29 bits per heavy atom. The van der Waals surface area contributed by atoms with Crippen LogP contribution in [0.1, 0.15) is 5.82 Å². The van der Waals surface area contributed by atoms with E-state index in [0.717, 1.165) is 0 Å². The summed E-state index contributed by atoms with van der Waals surface area (Å²) in [7, 11) is 0. The number of nitrogens with zero attached hydrogens (tertiary/aromatic N) is 3. The number of halogens is 3. The number of rotatable bonds is 2. The van der Waals surface area contributed by atoms with Crippen LogP contribution in [0.15, 0.2) is 0 Å². The van der Waals surface area contributed by atoms with E-state index >= 15 is 0 Å². The zero-order valence-electron chi connectivity index (χ0n) is 8.65. The average Bonchev–Trinajstić information content (AvgIpc) is 2.78. The molecular formula is C8H10F3N3O2S. The van der Waals surface area contributed by atoms with Crippen molar-refractivity contribution in [1.82, 2.24) is 9.36 Å². The van der Waals surface area contributed by atoms with Crippen molar-refractivity contribution in [3.8, 4) is 0 Å². The predicted octanol–water partition coefficient (Wildman–Crippen LogP) is 0.754. The molecule has 1 aliphatic heterocycles. The molecule has 9 heteroatoms. The van der Waals surface area contributed by atoms with Crippen molar-refractivity contribution in [2.75, 3.05) is 31.2 Å². The molecule has 96 valence electrons. The Morgan fingerprint density at radius 1 is 1.53 bits per heavy atom. The third-order valence-corrected chi connectivity index (χ3v) is 3.06. The Balaban J connectivity index is 2.09. The van der Waals surface area contributed by atoms with Gasteiger partial charge in [0.1, 0.15) is 0 Å². The van der Waals surface area contributed by atoms with Gasteiger partial charge in [0, 0.05) is 24.6 Å². The minimum Gasteiger partial charge on any atom is -0.394 e. The molecule has 1 atom stereocenters. The molecule has 1 aromatic rings. The number of hydrogen-bond donors (Lipinski definition) is 1. The van der Waals surface area contributed by atoms with E-state index in [2.05, 4.69) is 9.36 Å². The smallest absolute Gasteiger partial charge is 0.394 e. The Bertz CT molecular complexity index is 384. The van der Waals surface area contributed by atoms with Crippen LogP contribution in [0.3, 0.4) is 0 Å². The lowest BCUT2D eigenvalue weighted by atomic mass is 10.3. The molecule has 0 radical (unpaired) electrons. The summed E-state index contributed by atoms with van der Waals surface area (Å²) in [6, 6.07) is 0. The third kappa shape index (κ3) is 2.85. The van der Waals surface area contributed by atoms with E-state index in [1.54, 1.807) is 4.90 Å². The summed E-state index contributed by atoms with van der Waals surface area (Å²) < 4.78 is 45.4. The number of aromatic nitrogens is 2. The highest BCUT2D eigenvalue weighted by atomic mass is 32.1. The standard InChI is InChI=1S/C8H10F3N3O2S/c9-8(10,11)6-12-7(17-13-6)14-1-2-16-5(3-14)4-15/h5,15H,1-4H2. The van der Waals surface area contributed by atoms with Crippen molar-refractivity contribution in [3.05, 3.63) is 5.82 Å². The zero-order valence-corrected chi connectivity index (χ0v) is 9.46. The van der Waals surface area contributed by atoms with Gasteiger partial charge in [-0.3, -0.25) is 0 Å². The molecule has 2 rings (SSSR count). The lowest BCUT2D eigenvalue weighted by molar-refractivity contribution is -0.144. The lowest BCUT2D eigenvalue weighted by Gasteiger charge is -2.31. The average molecular weight is 269 g/mol. The molecule has 0 bridgehead atoms. The van der Waals surface area contributed by atoms with Gasteiger partial charge in [0.25, 0.3) is 0 Å². The van der Waals surface area contributed by atoms with E-state index < -0.39 is 12.0 Å².